The number of furan rings is 1. The molecule has 1 aromatic heterocycles. The molecule has 0 saturated heterocycles. The Morgan fingerprint density at radius 3 is 2.55 bits per heavy atom. The van der Waals surface area contributed by atoms with Gasteiger partial charge in [0, 0.05) is 6.54 Å². The normalized spacial score (nSPS) is 12.9. The van der Waals surface area contributed by atoms with Crippen molar-refractivity contribution in [3.63, 3.8) is 0 Å². The summed E-state index contributed by atoms with van der Waals surface area (Å²) in [7, 11) is 0. The maximum atomic E-state index is 12.3. The fourth-order valence-corrected chi connectivity index (χ4v) is 2.42. The predicted molar refractivity (Wildman–Crippen MR) is 85.1 cm³/mol. The van der Waals surface area contributed by atoms with Crippen LogP contribution in [0.1, 0.15) is 38.1 Å². The number of benzene rings is 1. The van der Waals surface area contributed by atoms with E-state index in [1.807, 2.05) is 63.2 Å². The Morgan fingerprint density at radius 2 is 1.95 bits per heavy atom. The molecule has 0 radical (unpaired) electrons. The number of hydrogen-bond acceptors (Lipinski definition) is 4. The highest BCUT2D eigenvalue weighted by Gasteiger charge is 2.40. The van der Waals surface area contributed by atoms with Gasteiger partial charge in [0.25, 0.3) is 0 Å². The molecular formula is C18H23NO3. The van der Waals surface area contributed by atoms with Crippen molar-refractivity contribution in [2.45, 2.75) is 33.4 Å². The molecule has 2 rings (SSSR count). The minimum absolute atomic E-state index is 0.239. The van der Waals surface area contributed by atoms with Gasteiger partial charge < -0.3 is 14.5 Å². The first kappa shape index (κ1) is 16.3. The summed E-state index contributed by atoms with van der Waals surface area (Å²) >= 11 is 0. The van der Waals surface area contributed by atoms with E-state index >= 15 is 0 Å². The van der Waals surface area contributed by atoms with Gasteiger partial charge >= 0.3 is 5.97 Å². The molecule has 1 heterocycles. The lowest BCUT2D eigenvalue weighted by atomic mass is 9.82. The van der Waals surface area contributed by atoms with E-state index in [9.17, 15) is 4.79 Å². The van der Waals surface area contributed by atoms with Gasteiger partial charge in [-0.05, 0) is 38.5 Å². The van der Waals surface area contributed by atoms with Gasteiger partial charge in [-0.25, -0.2) is 0 Å². The fraction of sp³-hybridized carbons (Fsp3) is 0.389. The quantitative estimate of drug-likeness (QED) is 0.792. The SMILES string of the molecule is CCOC(=O)C(C)(C)C(NCc1ccccc1)c1ccco1. The first-order chi connectivity index (χ1) is 10.6. The highest BCUT2D eigenvalue weighted by atomic mass is 16.5. The number of esters is 1. The maximum absolute atomic E-state index is 12.3. The van der Waals surface area contributed by atoms with Gasteiger partial charge in [-0.1, -0.05) is 30.3 Å². The first-order valence-corrected chi connectivity index (χ1v) is 7.53. The van der Waals surface area contributed by atoms with Crippen molar-refractivity contribution in [1.29, 1.82) is 0 Å². The van der Waals surface area contributed by atoms with Crippen molar-refractivity contribution in [3.05, 3.63) is 60.1 Å². The summed E-state index contributed by atoms with van der Waals surface area (Å²) in [5.74, 6) is 0.492. The van der Waals surface area contributed by atoms with Crippen molar-refractivity contribution in [2.75, 3.05) is 6.61 Å². The summed E-state index contributed by atoms with van der Waals surface area (Å²) in [6.07, 6.45) is 1.62. The van der Waals surface area contributed by atoms with Crippen molar-refractivity contribution in [3.8, 4) is 0 Å². The third-order valence-electron chi connectivity index (χ3n) is 3.70. The Morgan fingerprint density at radius 1 is 1.23 bits per heavy atom. The lowest BCUT2D eigenvalue weighted by Crippen LogP contribution is -2.40. The topological polar surface area (TPSA) is 51.5 Å². The monoisotopic (exact) mass is 301 g/mol. The molecule has 118 valence electrons. The Bertz CT molecular complexity index is 576. The molecule has 0 amide bonds. The molecule has 4 nitrogen and oxygen atoms in total. The van der Waals surface area contributed by atoms with Crippen LogP contribution in [0.2, 0.25) is 0 Å². The number of carbonyl (C=O) groups is 1. The van der Waals surface area contributed by atoms with Crippen LogP contribution in [-0.4, -0.2) is 12.6 Å². The van der Waals surface area contributed by atoms with Gasteiger partial charge in [0.2, 0.25) is 0 Å². The predicted octanol–water partition coefficient (Wildman–Crippen LogP) is 3.70. The average Bonchev–Trinajstić information content (AvgIpc) is 3.02. The molecule has 1 aromatic carbocycles. The second-order valence-electron chi connectivity index (χ2n) is 5.76. The molecule has 0 spiro atoms. The highest BCUT2D eigenvalue weighted by Crippen LogP contribution is 2.35. The summed E-state index contributed by atoms with van der Waals surface area (Å²) < 4.78 is 10.7. The molecule has 1 atom stereocenters. The van der Waals surface area contributed by atoms with Crippen molar-refractivity contribution >= 4 is 5.97 Å². The van der Waals surface area contributed by atoms with Crippen molar-refractivity contribution < 1.29 is 13.9 Å². The maximum Gasteiger partial charge on any atom is 0.313 e. The summed E-state index contributed by atoms with van der Waals surface area (Å²) in [4.78, 5) is 12.3. The Labute approximate surface area is 131 Å². The summed E-state index contributed by atoms with van der Waals surface area (Å²) in [5.41, 5.74) is 0.418. The van der Waals surface area contributed by atoms with Crippen LogP contribution in [-0.2, 0) is 16.1 Å². The zero-order chi connectivity index (χ0) is 16.0. The third kappa shape index (κ3) is 3.77. The molecule has 1 unspecified atom stereocenters. The summed E-state index contributed by atoms with van der Waals surface area (Å²) in [5, 5.41) is 3.42. The number of hydrogen-bond donors (Lipinski definition) is 1. The molecule has 0 saturated carbocycles. The van der Waals surface area contributed by atoms with Crippen LogP contribution in [0.4, 0.5) is 0 Å². The minimum Gasteiger partial charge on any atom is -0.468 e. The van der Waals surface area contributed by atoms with E-state index in [2.05, 4.69) is 5.32 Å². The molecule has 22 heavy (non-hydrogen) atoms. The molecule has 0 aliphatic heterocycles. The number of ether oxygens (including phenoxy) is 1. The molecule has 0 aliphatic rings. The second-order valence-corrected chi connectivity index (χ2v) is 5.76. The molecule has 0 aliphatic carbocycles. The Kier molecular flexibility index (Phi) is 5.39. The van der Waals surface area contributed by atoms with Gasteiger partial charge in [-0.3, -0.25) is 4.79 Å². The van der Waals surface area contributed by atoms with E-state index in [1.54, 1.807) is 6.26 Å². The van der Waals surface area contributed by atoms with E-state index in [-0.39, 0.29) is 12.0 Å². The molecule has 0 bridgehead atoms. The minimum atomic E-state index is -0.733. The smallest absolute Gasteiger partial charge is 0.313 e. The highest BCUT2D eigenvalue weighted by molar-refractivity contribution is 5.77. The van der Waals surface area contributed by atoms with E-state index < -0.39 is 5.41 Å². The molecule has 4 heteroatoms. The largest absolute Gasteiger partial charge is 0.468 e. The standard InChI is InChI=1S/C18H23NO3/c1-4-21-17(20)18(2,3)16(15-11-8-12-22-15)19-13-14-9-6-5-7-10-14/h5-12,16,19H,4,13H2,1-3H3. The Balaban J connectivity index is 2.18. The number of nitrogens with one attached hydrogen (secondary N) is 1. The van der Waals surface area contributed by atoms with Crippen LogP contribution in [0.5, 0.6) is 0 Å². The van der Waals surface area contributed by atoms with Crippen molar-refractivity contribution in [1.82, 2.24) is 5.32 Å². The fourth-order valence-electron chi connectivity index (χ4n) is 2.42. The van der Waals surface area contributed by atoms with Gasteiger partial charge in [-0.15, -0.1) is 0 Å². The van der Waals surface area contributed by atoms with E-state index in [0.29, 0.717) is 13.2 Å². The van der Waals surface area contributed by atoms with Crippen LogP contribution in [0, 0.1) is 5.41 Å². The van der Waals surface area contributed by atoms with Crippen LogP contribution < -0.4 is 5.32 Å². The Hall–Kier alpha value is -2.07. The van der Waals surface area contributed by atoms with Crippen LogP contribution >= 0.6 is 0 Å². The summed E-state index contributed by atoms with van der Waals surface area (Å²) in [6, 6.07) is 13.5. The number of carbonyl (C=O) groups excluding carboxylic acids is 1. The van der Waals surface area contributed by atoms with Gasteiger partial charge in [0.05, 0.1) is 24.3 Å². The molecule has 2 aromatic rings. The van der Waals surface area contributed by atoms with Crippen LogP contribution in [0.15, 0.2) is 53.1 Å². The lowest BCUT2D eigenvalue weighted by Gasteiger charge is -2.31. The van der Waals surface area contributed by atoms with Gasteiger partial charge in [0.1, 0.15) is 5.76 Å². The average molecular weight is 301 g/mol. The molecular weight excluding hydrogens is 278 g/mol. The van der Waals surface area contributed by atoms with Crippen LogP contribution in [0.3, 0.4) is 0 Å². The number of rotatable bonds is 7. The third-order valence-corrected chi connectivity index (χ3v) is 3.70. The lowest BCUT2D eigenvalue weighted by molar-refractivity contribution is -0.155. The van der Waals surface area contributed by atoms with Crippen LogP contribution in [0.25, 0.3) is 0 Å². The summed E-state index contributed by atoms with van der Waals surface area (Å²) in [6.45, 7) is 6.57. The second kappa shape index (κ2) is 7.27. The zero-order valence-electron chi connectivity index (χ0n) is 13.3. The molecule has 1 N–H and O–H groups in total. The van der Waals surface area contributed by atoms with Gasteiger partial charge in [0.15, 0.2) is 0 Å². The van der Waals surface area contributed by atoms with E-state index in [1.165, 1.54) is 0 Å². The molecule has 0 fully saturated rings. The van der Waals surface area contributed by atoms with Gasteiger partial charge in [-0.2, -0.15) is 0 Å². The van der Waals surface area contributed by atoms with E-state index in [4.69, 9.17) is 9.15 Å². The van der Waals surface area contributed by atoms with E-state index in [0.717, 1.165) is 11.3 Å². The zero-order valence-corrected chi connectivity index (χ0v) is 13.3. The van der Waals surface area contributed by atoms with Crippen molar-refractivity contribution in [2.24, 2.45) is 5.41 Å². The first-order valence-electron chi connectivity index (χ1n) is 7.53.